The van der Waals surface area contributed by atoms with Crippen LogP contribution in [0.15, 0.2) is 24.3 Å². The number of ether oxygens (including phenoxy) is 1. The third-order valence-electron chi connectivity index (χ3n) is 2.97. The van der Waals surface area contributed by atoms with Gasteiger partial charge in [0, 0.05) is 24.5 Å². The van der Waals surface area contributed by atoms with E-state index in [1.54, 1.807) is 11.8 Å². The normalized spacial score (nSPS) is 15.9. The number of esters is 1. The van der Waals surface area contributed by atoms with E-state index in [-0.39, 0.29) is 12.0 Å². The van der Waals surface area contributed by atoms with E-state index >= 15 is 0 Å². The SMILES string of the molecule is COC(=O)C(C)Nc1ccc(N2CCNC2=O)cc1. The molecule has 2 rings (SSSR count). The molecule has 6 heteroatoms. The van der Waals surface area contributed by atoms with Crippen LogP contribution in [0.3, 0.4) is 0 Å². The second kappa shape index (κ2) is 5.60. The van der Waals surface area contributed by atoms with Crippen LogP contribution in [0.25, 0.3) is 0 Å². The molecular weight excluding hydrogens is 246 g/mol. The van der Waals surface area contributed by atoms with Gasteiger partial charge >= 0.3 is 12.0 Å². The molecule has 1 aromatic rings. The molecule has 1 aromatic carbocycles. The number of amides is 2. The lowest BCUT2D eigenvalue weighted by Crippen LogP contribution is -2.28. The van der Waals surface area contributed by atoms with Crippen molar-refractivity contribution in [2.45, 2.75) is 13.0 Å². The first-order valence-corrected chi connectivity index (χ1v) is 6.11. The van der Waals surface area contributed by atoms with Crippen molar-refractivity contribution in [3.63, 3.8) is 0 Å². The summed E-state index contributed by atoms with van der Waals surface area (Å²) in [5, 5.41) is 5.78. The summed E-state index contributed by atoms with van der Waals surface area (Å²) in [6, 6.07) is 6.87. The molecule has 1 saturated heterocycles. The van der Waals surface area contributed by atoms with Gasteiger partial charge in [-0.1, -0.05) is 0 Å². The number of methoxy groups -OCH3 is 1. The van der Waals surface area contributed by atoms with E-state index in [1.165, 1.54) is 7.11 Å². The second-order valence-electron chi connectivity index (χ2n) is 4.32. The Balaban J connectivity index is 2.02. The van der Waals surface area contributed by atoms with E-state index in [0.29, 0.717) is 13.1 Å². The van der Waals surface area contributed by atoms with Crippen molar-refractivity contribution in [2.75, 3.05) is 30.4 Å². The summed E-state index contributed by atoms with van der Waals surface area (Å²) in [5.74, 6) is -0.317. The monoisotopic (exact) mass is 263 g/mol. The minimum absolute atomic E-state index is 0.0800. The minimum atomic E-state index is -0.411. The molecule has 0 bridgehead atoms. The van der Waals surface area contributed by atoms with E-state index in [4.69, 9.17) is 0 Å². The Hall–Kier alpha value is -2.24. The summed E-state index contributed by atoms with van der Waals surface area (Å²) in [7, 11) is 1.36. The van der Waals surface area contributed by atoms with Crippen LogP contribution in [-0.4, -0.2) is 38.2 Å². The molecule has 102 valence electrons. The van der Waals surface area contributed by atoms with Crippen LogP contribution in [0, 0.1) is 0 Å². The fourth-order valence-electron chi connectivity index (χ4n) is 1.94. The third kappa shape index (κ3) is 2.96. The largest absolute Gasteiger partial charge is 0.467 e. The summed E-state index contributed by atoms with van der Waals surface area (Å²) >= 11 is 0. The van der Waals surface area contributed by atoms with Gasteiger partial charge in [-0.15, -0.1) is 0 Å². The van der Waals surface area contributed by atoms with Crippen LogP contribution in [0.2, 0.25) is 0 Å². The maximum absolute atomic E-state index is 11.5. The first kappa shape index (κ1) is 13.2. The highest BCUT2D eigenvalue weighted by atomic mass is 16.5. The van der Waals surface area contributed by atoms with Crippen LogP contribution in [0.1, 0.15) is 6.92 Å². The fraction of sp³-hybridized carbons (Fsp3) is 0.385. The van der Waals surface area contributed by atoms with Crippen LogP contribution in [0.4, 0.5) is 16.2 Å². The fourth-order valence-corrected chi connectivity index (χ4v) is 1.94. The van der Waals surface area contributed by atoms with Gasteiger partial charge in [-0.05, 0) is 31.2 Å². The van der Waals surface area contributed by atoms with Gasteiger partial charge in [0.25, 0.3) is 0 Å². The average molecular weight is 263 g/mol. The Labute approximate surface area is 111 Å². The van der Waals surface area contributed by atoms with Crippen molar-refractivity contribution in [3.8, 4) is 0 Å². The smallest absolute Gasteiger partial charge is 0.327 e. The molecule has 2 amide bonds. The minimum Gasteiger partial charge on any atom is -0.467 e. The molecule has 1 atom stereocenters. The van der Waals surface area contributed by atoms with Crippen LogP contribution in [0.5, 0.6) is 0 Å². The average Bonchev–Trinajstić information content (AvgIpc) is 2.85. The Kier molecular flexibility index (Phi) is 3.89. The first-order valence-electron chi connectivity index (χ1n) is 6.11. The van der Waals surface area contributed by atoms with Gasteiger partial charge in [0.05, 0.1) is 7.11 Å². The van der Waals surface area contributed by atoms with E-state index in [2.05, 4.69) is 15.4 Å². The lowest BCUT2D eigenvalue weighted by atomic mass is 10.2. The Bertz CT molecular complexity index is 473. The number of hydrogen-bond donors (Lipinski definition) is 2. The third-order valence-corrected chi connectivity index (χ3v) is 2.97. The van der Waals surface area contributed by atoms with Gasteiger partial charge in [0.1, 0.15) is 6.04 Å². The summed E-state index contributed by atoms with van der Waals surface area (Å²) in [5.41, 5.74) is 1.65. The maximum Gasteiger partial charge on any atom is 0.327 e. The van der Waals surface area contributed by atoms with Crippen molar-refractivity contribution in [2.24, 2.45) is 0 Å². The maximum atomic E-state index is 11.5. The molecular formula is C13H17N3O3. The number of nitrogens with zero attached hydrogens (tertiary/aromatic N) is 1. The van der Waals surface area contributed by atoms with E-state index in [1.807, 2.05) is 24.3 Å². The number of rotatable bonds is 4. The first-order chi connectivity index (χ1) is 9.11. The number of anilines is 2. The molecule has 1 fully saturated rings. The molecule has 1 aliphatic rings. The Morgan fingerprint density at radius 2 is 2.11 bits per heavy atom. The summed E-state index contributed by atoms with van der Waals surface area (Å²) < 4.78 is 4.64. The van der Waals surface area contributed by atoms with E-state index in [9.17, 15) is 9.59 Å². The highest BCUT2D eigenvalue weighted by Crippen LogP contribution is 2.19. The molecule has 0 radical (unpaired) electrons. The van der Waals surface area contributed by atoms with E-state index < -0.39 is 6.04 Å². The topological polar surface area (TPSA) is 70.7 Å². The number of benzene rings is 1. The van der Waals surface area contributed by atoms with Crippen molar-refractivity contribution in [1.29, 1.82) is 0 Å². The van der Waals surface area contributed by atoms with Crippen molar-refractivity contribution in [1.82, 2.24) is 5.32 Å². The summed E-state index contributed by atoms with van der Waals surface area (Å²) in [4.78, 5) is 24.5. The highest BCUT2D eigenvalue weighted by Gasteiger charge is 2.21. The predicted octanol–water partition coefficient (Wildman–Crippen LogP) is 1.19. The van der Waals surface area contributed by atoms with Crippen molar-refractivity contribution in [3.05, 3.63) is 24.3 Å². The molecule has 2 N–H and O–H groups in total. The number of carbonyl (C=O) groups excluding carboxylic acids is 2. The molecule has 6 nitrogen and oxygen atoms in total. The Morgan fingerprint density at radius 3 is 2.63 bits per heavy atom. The molecule has 19 heavy (non-hydrogen) atoms. The quantitative estimate of drug-likeness (QED) is 0.800. The predicted molar refractivity (Wildman–Crippen MR) is 72.3 cm³/mol. The zero-order valence-electron chi connectivity index (χ0n) is 11.0. The second-order valence-corrected chi connectivity index (χ2v) is 4.32. The lowest BCUT2D eigenvalue weighted by Gasteiger charge is -2.16. The number of carbonyl (C=O) groups is 2. The van der Waals surface area contributed by atoms with Crippen LogP contribution in [-0.2, 0) is 9.53 Å². The van der Waals surface area contributed by atoms with Gasteiger partial charge in [-0.2, -0.15) is 0 Å². The number of nitrogens with one attached hydrogen (secondary N) is 2. The molecule has 1 unspecified atom stereocenters. The van der Waals surface area contributed by atoms with Crippen molar-refractivity contribution >= 4 is 23.4 Å². The molecule has 0 aliphatic carbocycles. The van der Waals surface area contributed by atoms with E-state index in [0.717, 1.165) is 11.4 Å². The molecule has 1 heterocycles. The van der Waals surface area contributed by atoms with Crippen LogP contribution < -0.4 is 15.5 Å². The number of hydrogen-bond acceptors (Lipinski definition) is 4. The van der Waals surface area contributed by atoms with Gasteiger partial charge in [0.15, 0.2) is 0 Å². The van der Waals surface area contributed by atoms with Crippen molar-refractivity contribution < 1.29 is 14.3 Å². The van der Waals surface area contributed by atoms with Crippen LogP contribution >= 0.6 is 0 Å². The molecule has 0 aromatic heterocycles. The van der Waals surface area contributed by atoms with Gasteiger partial charge in [-0.3, -0.25) is 4.90 Å². The number of urea groups is 1. The van der Waals surface area contributed by atoms with Gasteiger partial charge in [0.2, 0.25) is 0 Å². The summed E-state index contributed by atoms with van der Waals surface area (Å²) in [6.45, 7) is 3.07. The standard InChI is InChI=1S/C13H17N3O3/c1-9(12(17)19-2)15-10-3-5-11(6-4-10)16-8-7-14-13(16)18/h3-6,9,15H,7-8H2,1-2H3,(H,14,18). The lowest BCUT2D eigenvalue weighted by molar-refractivity contribution is -0.141. The molecule has 1 aliphatic heterocycles. The van der Waals surface area contributed by atoms with Gasteiger partial charge in [-0.25, -0.2) is 9.59 Å². The zero-order valence-corrected chi connectivity index (χ0v) is 11.0. The molecule has 0 spiro atoms. The highest BCUT2D eigenvalue weighted by molar-refractivity contribution is 5.94. The Morgan fingerprint density at radius 1 is 1.42 bits per heavy atom. The zero-order chi connectivity index (χ0) is 13.8. The molecule has 0 saturated carbocycles. The van der Waals surface area contributed by atoms with Gasteiger partial charge < -0.3 is 15.4 Å². The summed E-state index contributed by atoms with van der Waals surface area (Å²) in [6.07, 6.45) is 0.